The molecular formula is C59H120N2O6P+. The number of allylic oxidation sites excluding steroid dienone is 1. The number of rotatable bonds is 56. The van der Waals surface area contributed by atoms with Crippen LogP contribution in [0.4, 0.5) is 0 Å². The maximum absolute atomic E-state index is 13.0. The maximum atomic E-state index is 13.0. The lowest BCUT2D eigenvalue weighted by Gasteiger charge is -2.25. The van der Waals surface area contributed by atoms with Gasteiger partial charge in [-0.05, 0) is 19.3 Å². The number of carbonyl (C=O) groups is 1. The largest absolute Gasteiger partial charge is 0.472 e. The molecule has 8 nitrogen and oxygen atoms in total. The second-order valence-corrected chi connectivity index (χ2v) is 23.5. The number of quaternary nitrogens is 1. The molecule has 0 bridgehead atoms. The predicted molar refractivity (Wildman–Crippen MR) is 295 cm³/mol. The molecule has 0 saturated heterocycles. The minimum atomic E-state index is -4.34. The summed E-state index contributed by atoms with van der Waals surface area (Å²) in [6.45, 7) is 4.85. The van der Waals surface area contributed by atoms with E-state index in [1.54, 1.807) is 6.08 Å². The lowest BCUT2D eigenvalue weighted by atomic mass is 10.0. The van der Waals surface area contributed by atoms with Crippen LogP contribution in [-0.4, -0.2) is 73.4 Å². The van der Waals surface area contributed by atoms with Crippen molar-refractivity contribution in [2.24, 2.45) is 0 Å². The number of phosphoric acid groups is 1. The van der Waals surface area contributed by atoms with Crippen molar-refractivity contribution in [2.45, 2.75) is 321 Å². The lowest BCUT2D eigenvalue weighted by Crippen LogP contribution is -2.45. The van der Waals surface area contributed by atoms with E-state index >= 15 is 0 Å². The van der Waals surface area contributed by atoms with E-state index in [9.17, 15) is 19.4 Å². The highest BCUT2D eigenvalue weighted by molar-refractivity contribution is 7.47. The van der Waals surface area contributed by atoms with Gasteiger partial charge >= 0.3 is 7.82 Å². The predicted octanol–water partition coefficient (Wildman–Crippen LogP) is 18.2. The SMILES string of the molecule is CCCCCCCCCCCCC/C=C/C(O)C(COP(=O)(O)OCC[N+](C)(C)C)NC(=O)CCCCCCCCCCCCCCCCCCCCCCCCCCCCCCCCCCC. The monoisotopic (exact) mass is 984 g/mol. The zero-order valence-electron chi connectivity index (χ0n) is 46.4. The van der Waals surface area contributed by atoms with E-state index in [-0.39, 0.29) is 19.1 Å². The third-order valence-electron chi connectivity index (χ3n) is 14.0. The Labute approximate surface area is 424 Å². The van der Waals surface area contributed by atoms with E-state index in [1.165, 1.54) is 250 Å². The van der Waals surface area contributed by atoms with Crippen molar-refractivity contribution in [3.63, 3.8) is 0 Å². The van der Waals surface area contributed by atoms with Crippen LogP contribution in [0.15, 0.2) is 12.2 Å². The summed E-state index contributed by atoms with van der Waals surface area (Å²) >= 11 is 0. The van der Waals surface area contributed by atoms with Crippen LogP contribution in [-0.2, 0) is 18.4 Å². The number of amides is 1. The average Bonchev–Trinajstić information content (AvgIpc) is 3.30. The minimum Gasteiger partial charge on any atom is -0.387 e. The number of phosphoric ester groups is 1. The third-order valence-corrected chi connectivity index (χ3v) is 15.0. The Morgan fingerprint density at radius 3 is 1.09 bits per heavy atom. The quantitative estimate of drug-likeness (QED) is 0.0243. The lowest BCUT2D eigenvalue weighted by molar-refractivity contribution is -0.870. The zero-order valence-corrected chi connectivity index (χ0v) is 47.3. The summed E-state index contributed by atoms with van der Waals surface area (Å²) in [6, 6.07) is -0.841. The molecule has 3 N–H and O–H groups in total. The van der Waals surface area contributed by atoms with E-state index in [4.69, 9.17) is 9.05 Å². The number of carbonyl (C=O) groups excluding carboxylic acids is 1. The van der Waals surface area contributed by atoms with Gasteiger partial charge in [-0.15, -0.1) is 0 Å². The second-order valence-electron chi connectivity index (χ2n) is 22.1. The molecule has 3 unspecified atom stereocenters. The molecule has 0 aliphatic carbocycles. The topological polar surface area (TPSA) is 105 Å². The Morgan fingerprint density at radius 2 is 0.779 bits per heavy atom. The van der Waals surface area contributed by atoms with Crippen LogP contribution in [0.25, 0.3) is 0 Å². The van der Waals surface area contributed by atoms with Crippen LogP contribution >= 0.6 is 7.82 Å². The van der Waals surface area contributed by atoms with Crippen molar-refractivity contribution in [1.82, 2.24) is 5.32 Å². The van der Waals surface area contributed by atoms with Gasteiger partial charge in [-0.1, -0.05) is 296 Å². The Morgan fingerprint density at radius 1 is 0.485 bits per heavy atom. The minimum absolute atomic E-state index is 0.0649. The number of hydrogen-bond donors (Lipinski definition) is 3. The fraction of sp³-hybridized carbons (Fsp3) is 0.949. The van der Waals surface area contributed by atoms with Gasteiger partial charge in [-0.25, -0.2) is 4.57 Å². The van der Waals surface area contributed by atoms with E-state index < -0.39 is 20.0 Å². The molecule has 9 heteroatoms. The second kappa shape index (κ2) is 51.2. The molecule has 3 atom stereocenters. The molecule has 0 spiro atoms. The first-order chi connectivity index (χ1) is 33.0. The number of aliphatic hydroxyl groups excluding tert-OH is 1. The summed E-state index contributed by atoms with van der Waals surface area (Å²) in [6.07, 6.45) is 63.4. The van der Waals surface area contributed by atoms with Crippen molar-refractivity contribution in [2.75, 3.05) is 40.9 Å². The van der Waals surface area contributed by atoms with Crippen molar-refractivity contribution < 1.29 is 32.9 Å². The van der Waals surface area contributed by atoms with Crippen LogP contribution in [0.1, 0.15) is 309 Å². The summed E-state index contributed by atoms with van der Waals surface area (Å²) in [5.41, 5.74) is 0. The first-order valence-electron chi connectivity index (χ1n) is 30.1. The number of likely N-dealkylation sites (N-methyl/N-ethyl adjacent to an activating group) is 1. The summed E-state index contributed by atoms with van der Waals surface area (Å²) < 4.78 is 23.7. The van der Waals surface area contributed by atoms with E-state index in [0.29, 0.717) is 17.4 Å². The molecular weight excluding hydrogens is 864 g/mol. The van der Waals surface area contributed by atoms with Crippen molar-refractivity contribution in [1.29, 1.82) is 0 Å². The van der Waals surface area contributed by atoms with E-state index in [0.717, 1.165) is 38.5 Å². The molecule has 0 aromatic carbocycles. The van der Waals surface area contributed by atoms with Crippen molar-refractivity contribution in [3.05, 3.63) is 12.2 Å². The van der Waals surface area contributed by atoms with Crippen LogP contribution in [0, 0.1) is 0 Å². The first-order valence-corrected chi connectivity index (χ1v) is 31.6. The molecule has 0 fully saturated rings. The van der Waals surface area contributed by atoms with Gasteiger partial charge in [0.25, 0.3) is 0 Å². The molecule has 0 saturated carbocycles. The zero-order chi connectivity index (χ0) is 49.9. The Balaban J connectivity index is 3.94. The molecule has 0 aliphatic rings. The van der Waals surface area contributed by atoms with Gasteiger partial charge in [0.1, 0.15) is 13.2 Å². The molecule has 0 rings (SSSR count). The van der Waals surface area contributed by atoms with E-state index in [1.807, 2.05) is 27.2 Å². The third kappa shape index (κ3) is 53.0. The number of nitrogens with zero attached hydrogens (tertiary/aromatic N) is 1. The summed E-state index contributed by atoms with van der Waals surface area (Å²) in [5.74, 6) is -0.170. The van der Waals surface area contributed by atoms with Crippen molar-refractivity contribution in [3.8, 4) is 0 Å². The van der Waals surface area contributed by atoms with Crippen molar-refractivity contribution >= 4 is 13.7 Å². The number of hydrogen-bond acceptors (Lipinski definition) is 5. The fourth-order valence-corrected chi connectivity index (χ4v) is 10.0. The van der Waals surface area contributed by atoms with Gasteiger partial charge in [0.15, 0.2) is 0 Å². The highest BCUT2D eigenvalue weighted by Gasteiger charge is 2.27. The Bertz CT molecular complexity index is 1120. The van der Waals surface area contributed by atoms with Gasteiger partial charge in [-0.3, -0.25) is 13.8 Å². The highest BCUT2D eigenvalue weighted by atomic mass is 31.2. The molecule has 1 amide bonds. The normalized spacial score (nSPS) is 13.9. The van der Waals surface area contributed by atoms with Gasteiger partial charge in [0.05, 0.1) is 39.9 Å². The molecule has 68 heavy (non-hydrogen) atoms. The van der Waals surface area contributed by atoms with Gasteiger partial charge in [-0.2, -0.15) is 0 Å². The van der Waals surface area contributed by atoms with Gasteiger partial charge < -0.3 is 19.8 Å². The van der Waals surface area contributed by atoms with Crippen LogP contribution in [0.3, 0.4) is 0 Å². The Kier molecular flexibility index (Phi) is 50.6. The molecule has 0 aromatic heterocycles. The highest BCUT2D eigenvalue weighted by Crippen LogP contribution is 2.43. The summed E-state index contributed by atoms with van der Waals surface area (Å²) in [5, 5.41) is 13.9. The molecule has 0 aromatic rings. The fourth-order valence-electron chi connectivity index (χ4n) is 9.28. The van der Waals surface area contributed by atoms with Gasteiger partial charge in [0.2, 0.25) is 5.91 Å². The first kappa shape index (κ1) is 67.2. The Hall–Kier alpha value is -0.760. The molecule has 0 radical (unpaired) electrons. The number of nitrogens with one attached hydrogen (secondary N) is 1. The standard InChI is InChI=1S/C59H119N2O6P/c1-6-8-10-12-14-16-18-20-21-22-23-24-25-26-27-28-29-30-31-32-33-34-35-36-37-38-39-41-43-45-47-49-51-53-59(63)60-57(56-67-68(64,65)66-55-54-61(3,4)5)58(62)52-50-48-46-44-42-40-19-17-15-13-11-9-7-2/h50,52,57-58,62H,6-49,51,53-56H2,1-5H3,(H-,60,63,64,65)/p+1/b52-50+. The van der Waals surface area contributed by atoms with Gasteiger partial charge in [0, 0.05) is 6.42 Å². The smallest absolute Gasteiger partial charge is 0.387 e. The maximum Gasteiger partial charge on any atom is 0.472 e. The number of aliphatic hydroxyl groups is 1. The average molecular weight is 985 g/mol. The van der Waals surface area contributed by atoms with Crippen LogP contribution in [0.5, 0.6) is 0 Å². The molecule has 406 valence electrons. The number of unbranched alkanes of at least 4 members (excludes halogenated alkanes) is 43. The van der Waals surface area contributed by atoms with E-state index in [2.05, 4.69) is 19.2 Å². The summed E-state index contributed by atoms with van der Waals surface area (Å²) in [4.78, 5) is 23.3. The molecule has 0 heterocycles. The summed E-state index contributed by atoms with van der Waals surface area (Å²) in [7, 11) is 1.59. The van der Waals surface area contributed by atoms with Crippen LogP contribution in [0.2, 0.25) is 0 Å². The van der Waals surface area contributed by atoms with Crippen LogP contribution < -0.4 is 5.32 Å². The molecule has 0 aliphatic heterocycles.